The minimum atomic E-state index is -0.509. The number of hydrogen-bond donors (Lipinski definition) is 0. The van der Waals surface area contributed by atoms with Crippen LogP contribution in [0.1, 0.15) is 22.3 Å². The van der Waals surface area contributed by atoms with Crippen molar-refractivity contribution in [2.24, 2.45) is 0 Å². The molecule has 12 rings (SSSR count). The number of rotatable bonds is 7. The van der Waals surface area contributed by atoms with Crippen LogP contribution in [0.4, 0.5) is 0 Å². The maximum absolute atomic E-state index is 5.37. The molecule has 1 aliphatic rings. The topological polar surface area (TPSA) is 25.8 Å². The molecule has 0 saturated carbocycles. The average molecular weight is 807 g/mol. The largest absolute Gasteiger partial charge is 0.228 e. The van der Waals surface area contributed by atoms with Gasteiger partial charge in [-0.15, -0.1) is 11.3 Å². The lowest BCUT2D eigenvalue weighted by atomic mass is 9.67. The summed E-state index contributed by atoms with van der Waals surface area (Å²) < 4.78 is 2.63. The Morgan fingerprint density at radius 2 is 0.806 bits per heavy atom. The number of thiophene rings is 1. The fraction of sp³-hybridized carbons (Fsp3) is 0.0169. The molecule has 62 heavy (non-hydrogen) atoms. The molecule has 0 saturated heterocycles. The summed E-state index contributed by atoms with van der Waals surface area (Å²) in [6.45, 7) is 0. The SMILES string of the molecule is c1ccc(-c2ccc(-c3nc(-c4ccc(-c5ccc6sc7ccccc7c6c5)cc4)cc(-c4ccc5c(c4)C(c4ccccc4)(c4ccccc4)c4ccccc4-5)n3)cc2)cc1. The quantitative estimate of drug-likeness (QED) is 0.160. The van der Waals surface area contributed by atoms with Crippen molar-refractivity contribution in [3.63, 3.8) is 0 Å². The van der Waals surface area contributed by atoms with E-state index < -0.39 is 5.41 Å². The zero-order valence-electron chi connectivity index (χ0n) is 33.7. The molecule has 3 heteroatoms. The second-order valence-electron chi connectivity index (χ2n) is 16.1. The van der Waals surface area contributed by atoms with Crippen molar-refractivity contribution in [2.75, 3.05) is 0 Å². The van der Waals surface area contributed by atoms with Crippen molar-refractivity contribution in [1.29, 1.82) is 0 Å². The van der Waals surface area contributed by atoms with Gasteiger partial charge in [0.1, 0.15) is 0 Å². The second kappa shape index (κ2) is 14.8. The van der Waals surface area contributed by atoms with E-state index in [2.05, 4.69) is 231 Å². The average Bonchev–Trinajstić information content (AvgIpc) is 3.88. The van der Waals surface area contributed by atoms with Crippen LogP contribution in [0.3, 0.4) is 0 Å². The molecule has 0 fully saturated rings. The van der Waals surface area contributed by atoms with Crippen LogP contribution in [0.15, 0.2) is 231 Å². The van der Waals surface area contributed by atoms with Crippen molar-refractivity contribution >= 4 is 31.5 Å². The highest BCUT2D eigenvalue weighted by Gasteiger charge is 2.46. The van der Waals surface area contributed by atoms with Crippen LogP contribution in [0.25, 0.3) is 87.5 Å². The molecule has 290 valence electrons. The number of benzene rings is 9. The van der Waals surface area contributed by atoms with Crippen LogP contribution >= 0.6 is 11.3 Å². The zero-order valence-corrected chi connectivity index (χ0v) is 34.6. The molecule has 11 aromatic rings. The fourth-order valence-electron chi connectivity index (χ4n) is 9.66. The van der Waals surface area contributed by atoms with Gasteiger partial charge in [-0.3, -0.25) is 0 Å². The minimum absolute atomic E-state index is 0.509. The lowest BCUT2D eigenvalue weighted by Gasteiger charge is -2.34. The van der Waals surface area contributed by atoms with E-state index in [9.17, 15) is 0 Å². The van der Waals surface area contributed by atoms with Gasteiger partial charge in [-0.05, 0) is 86.0 Å². The first-order valence-corrected chi connectivity index (χ1v) is 22.0. The van der Waals surface area contributed by atoms with Gasteiger partial charge >= 0.3 is 0 Å². The summed E-state index contributed by atoms with van der Waals surface area (Å²) in [5.41, 5.74) is 16.5. The second-order valence-corrected chi connectivity index (χ2v) is 17.2. The zero-order chi connectivity index (χ0) is 41.0. The van der Waals surface area contributed by atoms with E-state index in [-0.39, 0.29) is 0 Å². The van der Waals surface area contributed by atoms with E-state index in [0.717, 1.165) is 33.6 Å². The Morgan fingerprint density at radius 3 is 1.53 bits per heavy atom. The summed E-state index contributed by atoms with van der Waals surface area (Å²) in [5.74, 6) is 0.692. The summed E-state index contributed by atoms with van der Waals surface area (Å²) in [6.07, 6.45) is 0. The summed E-state index contributed by atoms with van der Waals surface area (Å²) in [7, 11) is 0. The minimum Gasteiger partial charge on any atom is -0.228 e. The number of nitrogens with zero attached hydrogens (tertiary/aromatic N) is 2. The standard InChI is InChI=1S/C59H38N2S/c1-4-14-39(15-5-1)40-26-30-43(31-27-40)58-60-54(42-28-24-41(25-29-42)44-33-35-57-51(36-44)50-21-11-13-23-56(50)62-57)38-55(61-58)45-32-34-49-48-20-10-12-22-52(48)59(53(49)37-45,46-16-6-2-7-17-46)47-18-8-3-9-19-47/h1-38H. The van der Waals surface area contributed by atoms with Gasteiger partial charge < -0.3 is 0 Å². The van der Waals surface area contributed by atoms with E-state index in [1.807, 2.05) is 11.3 Å². The predicted molar refractivity (Wildman–Crippen MR) is 259 cm³/mol. The van der Waals surface area contributed by atoms with Gasteiger partial charge in [0.25, 0.3) is 0 Å². The van der Waals surface area contributed by atoms with Gasteiger partial charge in [0.2, 0.25) is 0 Å². The van der Waals surface area contributed by atoms with Crippen LogP contribution < -0.4 is 0 Å². The summed E-state index contributed by atoms with van der Waals surface area (Å²) in [6, 6.07) is 83.4. The van der Waals surface area contributed by atoms with Gasteiger partial charge in [0.15, 0.2) is 5.82 Å². The number of aromatic nitrogens is 2. The maximum Gasteiger partial charge on any atom is 0.160 e. The first-order chi connectivity index (χ1) is 30.7. The Labute approximate surface area is 365 Å². The Morgan fingerprint density at radius 1 is 0.306 bits per heavy atom. The number of fused-ring (bicyclic) bond motifs is 6. The Hall–Kier alpha value is -7.72. The van der Waals surface area contributed by atoms with Gasteiger partial charge in [-0.1, -0.05) is 200 Å². The molecule has 0 N–H and O–H groups in total. The summed E-state index contributed by atoms with van der Waals surface area (Å²) >= 11 is 1.85. The Bertz CT molecular complexity index is 3390. The molecule has 2 nitrogen and oxygen atoms in total. The summed E-state index contributed by atoms with van der Waals surface area (Å²) in [5, 5.41) is 2.61. The molecule has 2 aromatic heterocycles. The lowest BCUT2D eigenvalue weighted by Crippen LogP contribution is -2.28. The van der Waals surface area contributed by atoms with E-state index in [0.29, 0.717) is 5.82 Å². The number of hydrogen-bond acceptors (Lipinski definition) is 3. The highest BCUT2D eigenvalue weighted by molar-refractivity contribution is 7.25. The fourth-order valence-corrected chi connectivity index (χ4v) is 10.7. The molecule has 2 heterocycles. The molecule has 0 radical (unpaired) electrons. The maximum atomic E-state index is 5.37. The van der Waals surface area contributed by atoms with Crippen LogP contribution in [-0.4, -0.2) is 9.97 Å². The summed E-state index contributed by atoms with van der Waals surface area (Å²) in [4.78, 5) is 10.7. The molecule has 0 aliphatic heterocycles. The van der Waals surface area contributed by atoms with E-state index in [1.54, 1.807) is 0 Å². The van der Waals surface area contributed by atoms with Gasteiger partial charge in [0.05, 0.1) is 16.8 Å². The normalized spacial score (nSPS) is 12.6. The highest BCUT2D eigenvalue weighted by Crippen LogP contribution is 2.56. The van der Waals surface area contributed by atoms with E-state index in [4.69, 9.17) is 9.97 Å². The monoisotopic (exact) mass is 806 g/mol. The van der Waals surface area contributed by atoms with Gasteiger partial charge in [-0.25, -0.2) is 9.97 Å². The third-order valence-corrected chi connectivity index (χ3v) is 13.8. The Kier molecular flexibility index (Phi) is 8.62. The first kappa shape index (κ1) is 36.2. The van der Waals surface area contributed by atoms with E-state index in [1.165, 1.54) is 70.2 Å². The third kappa shape index (κ3) is 5.93. The van der Waals surface area contributed by atoms with Gasteiger partial charge in [0, 0.05) is 36.9 Å². The van der Waals surface area contributed by atoms with E-state index >= 15 is 0 Å². The lowest BCUT2D eigenvalue weighted by molar-refractivity contribution is 0.768. The van der Waals surface area contributed by atoms with Crippen molar-refractivity contribution in [3.8, 4) is 67.3 Å². The van der Waals surface area contributed by atoms with Crippen LogP contribution in [0.2, 0.25) is 0 Å². The van der Waals surface area contributed by atoms with Crippen molar-refractivity contribution in [1.82, 2.24) is 9.97 Å². The highest BCUT2D eigenvalue weighted by atomic mass is 32.1. The smallest absolute Gasteiger partial charge is 0.160 e. The first-order valence-electron chi connectivity index (χ1n) is 21.1. The predicted octanol–water partition coefficient (Wildman–Crippen LogP) is 15.5. The molecule has 0 unspecified atom stereocenters. The van der Waals surface area contributed by atoms with Crippen molar-refractivity contribution in [3.05, 3.63) is 253 Å². The molecule has 0 spiro atoms. The van der Waals surface area contributed by atoms with Crippen molar-refractivity contribution < 1.29 is 0 Å². The molecule has 0 atom stereocenters. The molecule has 0 bridgehead atoms. The molecule has 1 aliphatic carbocycles. The third-order valence-electron chi connectivity index (χ3n) is 12.6. The molecule has 9 aromatic carbocycles. The van der Waals surface area contributed by atoms with Crippen LogP contribution in [-0.2, 0) is 5.41 Å². The van der Waals surface area contributed by atoms with Crippen LogP contribution in [0, 0.1) is 0 Å². The molecule has 0 amide bonds. The van der Waals surface area contributed by atoms with Crippen LogP contribution in [0.5, 0.6) is 0 Å². The molecular weight excluding hydrogens is 769 g/mol. The van der Waals surface area contributed by atoms with Gasteiger partial charge in [-0.2, -0.15) is 0 Å². The Balaban J connectivity index is 1.01. The van der Waals surface area contributed by atoms with Crippen molar-refractivity contribution in [2.45, 2.75) is 5.41 Å². The molecular formula is C59H38N2S.